The SMILES string of the molecule is CCOC(=O)C1=C(C)N=c2s/c(=C/c3cc(Br)ccc3OC)c(=O)n2[C@H]1c1ccc(OC)c(Br)c1. The number of carbonyl (C=O) groups excluding carboxylic acids is 1. The van der Waals surface area contributed by atoms with Crippen molar-refractivity contribution in [3.05, 3.63) is 87.4 Å². The minimum absolute atomic E-state index is 0.210. The Labute approximate surface area is 222 Å². The number of ether oxygens (including phenoxy) is 3. The number of hydrogen-bond donors (Lipinski definition) is 0. The molecule has 35 heavy (non-hydrogen) atoms. The molecular weight excluding hydrogens is 600 g/mol. The molecule has 0 saturated carbocycles. The maximum Gasteiger partial charge on any atom is 0.338 e. The third-order valence-electron chi connectivity index (χ3n) is 5.49. The molecule has 1 aliphatic heterocycles. The van der Waals surface area contributed by atoms with E-state index in [0.717, 1.165) is 15.6 Å². The summed E-state index contributed by atoms with van der Waals surface area (Å²) in [5.74, 6) is 0.771. The van der Waals surface area contributed by atoms with Gasteiger partial charge in [-0.3, -0.25) is 9.36 Å². The molecule has 0 aliphatic carbocycles. The number of nitrogens with zero attached hydrogens (tertiary/aromatic N) is 2. The molecule has 1 aromatic heterocycles. The highest BCUT2D eigenvalue weighted by Crippen LogP contribution is 2.35. The van der Waals surface area contributed by atoms with E-state index in [2.05, 4.69) is 36.9 Å². The summed E-state index contributed by atoms with van der Waals surface area (Å²) in [5, 5.41) is 0. The maximum absolute atomic E-state index is 13.7. The fraction of sp³-hybridized carbons (Fsp3) is 0.240. The first-order valence-corrected chi connectivity index (χ1v) is 13.1. The zero-order chi connectivity index (χ0) is 25.3. The van der Waals surface area contributed by atoms with Gasteiger partial charge in [-0.1, -0.05) is 33.3 Å². The molecule has 0 unspecified atom stereocenters. The molecule has 0 N–H and O–H groups in total. The van der Waals surface area contributed by atoms with Crippen molar-refractivity contribution < 1.29 is 19.0 Å². The second kappa shape index (κ2) is 10.5. The molecule has 2 heterocycles. The van der Waals surface area contributed by atoms with Gasteiger partial charge < -0.3 is 14.2 Å². The lowest BCUT2D eigenvalue weighted by molar-refractivity contribution is -0.139. The molecule has 0 amide bonds. The van der Waals surface area contributed by atoms with E-state index in [4.69, 9.17) is 14.2 Å². The van der Waals surface area contributed by atoms with Crippen molar-refractivity contribution in [1.29, 1.82) is 0 Å². The van der Waals surface area contributed by atoms with Crippen molar-refractivity contribution in [2.24, 2.45) is 4.99 Å². The van der Waals surface area contributed by atoms with Crippen LogP contribution in [0.4, 0.5) is 0 Å². The number of hydrogen-bond acceptors (Lipinski definition) is 7. The Balaban J connectivity index is 1.98. The van der Waals surface area contributed by atoms with Crippen molar-refractivity contribution in [2.75, 3.05) is 20.8 Å². The van der Waals surface area contributed by atoms with E-state index < -0.39 is 12.0 Å². The van der Waals surface area contributed by atoms with Crippen LogP contribution in [0.3, 0.4) is 0 Å². The van der Waals surface area contributed by atoms with Crippen LogP contribution in [0.1, 0.15) is 31.0 Å². The summed E-state index contributed by atoms with van der Waals surface area (Å²) in [6.07, 6.45) is 1.78. The average molecular weight is 622 g/mol. The highest BCUT2D eigenvalue weighted by Gasteiger charge is 2.33. The number of rotatable bonds is 6. The van der Waals surface area contributed by atoms with Gasteiger partial charge in [0.2, 0.25) is 0 Å². The summed E-state index contributed by atoms with van der Waals surface area (Å²) in [6.45, 7) is 3.71. The Kier molecular flexibility index (Phi) is 7.63. The Bertz CT molecular complexity index is 1520. The minimum atomic E-state index is -0.709. The van der Waals surface area contributed by atoms with Gasteiger partial charge in [0.15, 0.2) is 4.80 Å². The van der Waals surface area contributed by atoms with Crippen LogP contribution in [0.5, 0.6) is 11.5 Å². The second-order valence-corrected chi connectivity index (χ2v) is 10.4. The first-order chi connectivity index (χ1) is 16.8. The summed E-state index contributed by atoms with van der Waals surface area (Å²) < 4.78 is 19.8. The number of thiazole rings is 1. The number of allylic oxidation sites excluding steroid dienone is 1. The summed E-state index contributed by atoms with van der Waals surface area (Å²) in [6, 6.07) is 10.3. The molecular formula is C25H22Br2N2O5S. The van der Waals surface area contributed by atoms with E-state index in [0.29, 0.717) is 36.6 Å². The van der Waals surface area contributed by atoms with Crippen LogP contribution >= 0.6 is 43.2 Å². The first-order valence-electron chi connectivity index (χ1n) is 10.7. The molecule has 0 fully saturated rings. The van der Waals surface area contributed by atoms with Gasteiger partial charge in [-0.15, -0.1) is 0 Å². The third-order valence-corrected chi connectivity index (χ3v) is 7.58. The maximum atomic E-state index is 13.7. The van der Waals surface area contributed by atoms with Crippen LogP contribution in [0.15, 0.2) is 66.4 Å². The van der Waals surface area contributed by atoms with Gasteiger partial charge in [-0.25, -0.2) is 9.79 Å². The Hall–Kier alpha value is -2.69. The van der Waals surface area contributed by atoms with Crippen LogP contribution in [-0.2, 0) is 9.53 Å². The van der Waals surface area contributed by atoms with Crippen LogP contribution in [0, 0.1) is 0 Å². The number of benzene rings is 2. The number of esters is 1. The molecule has 182 valence electrons. The fourth-order valence-corrected chi connectivity index (χ4v) is 5.89. The fourth-order valence-electron chi connectivity index (χ4n) is 3.92. The van der Waals surface area contributed by atoms with Crippen molar-refractivity contribution in [3.63, 3.8) is 0 Å². The van der Waals surface area contributed by atoms with Gasteiger partial charge in [0, 0.05) is 10.0 Å². The van der Waals surface area contributed by atoms with Gasteiger partial charge in [0.1, 0.15) is 11.5 Å². The smallest absolute Gasteiger partial charge is 0.338 e. The van der Waals surface area contributed by atoms with E-state index in [1.807, 2.05) is 30.3 Å². The van der Waals surface area contributed by atoms with E-state index in [9.17, 15) is 9.59 Å². The van der Waals surface area contributed by atoms with Crippen LogP contribution < -0.4 is 24.4 Å². The molecule has 3 aromatic rings. The molecule has 0 bridgehead atoms. The second-order valence-electron chi connectivity index (χ2n) is 7.58. The van der Waals surface area contributed by atoms with Gasteiger partial charge in [0.25, 0.3) is 5.56 Å². The summed E-state index contributed by atoms with van der Waals surface area (Å²) in [4.78, 5) is 31.9. The highest BCUT2D eigenvalue weighted by molar-refractivity contribution is 9.10. The summed E-state index contributed by atoms with van der Waals surface area (Å²) in [7, 11) is 3.16. The highest BCUT2D eigenvalue weighted by atomic mass is 79.9. The molecule has 0 spiro atoms. The zero-order valence-electron chi connectivity index (χ0n) is 19.4. The summed E-state index contributed by atoms with van der Waals surface area (Å²) >= 11 is 8.25. The molecule has 10 heteroatoms. The lowest BCUT2D eigenvalue weighted by atomic mass is 9.96. The minimum Gasteiger partial charge on any atom is -0.496 e. The van der Waals surface area contributed by atoms with Crippen molar-refractivity contribution in [2.45, 2.75) is 19.9 Å². The molecule has 1 aliphatic rings. The molecule has 0 radical (unpaired) electrons. The van der Waals surface area contributed by atoms with Crippen molar-refractivity contribution >= 4 is 55.2 Å². The van der Waals surface area contributed by atoms with Crippen molar-refractivity contribution in [1.82, 2.24) is 4.57 Å². The topological polar surface area (TPSA) is 79.1 Å². The van der Waals surface area contributed by atoms with E-state index in [1.54, 1.807) is 44.8 Å². The van der Waals surface area contributed by atoms with Gasteiger partial charge in [-0.05, 0) is 71.7 Å². The van der Waals surface area contributed by atoms with Crippen LogP contribution in [0.25, 0.3) is 6.08 Å². The van der Waals surface area contributed by atoms with E-state index in [1.165, 1.54) is 11.3 Å². The summed E-state index contributed by atoms with van der Waals surface area (Å²) in [5.41, 5.74) is 2.04. The molecule has 1 atom stereocenters. The molecule has 2 aromatic carbocycles. The molecule has 7 nitrogen and oxygen atoms in total. The Morgan fingerprint density at radius 1 is 1.14 bits per heavy atom. The number of carbonyl (C=O) groups is 1. The lowest BCUT2D eigenvalue weighted by Gasteiger charge is -2.25. The Morgan fingerprint density at radius 3 is 2.51 bits per heavy atom. The number of methoxy groups -OCH3 is 2. The lowest BCUT2D eigenvalue weighted by Crippen LogP contribution is -2.40. The molecule has 0 saturated heterocycles. The average Bonchev–Trinajstić information content (AvgIpc) is 3.12. The Morgan fingerprint density at radius 2 is 1.86 bits per heavy atom. The quantitative estimate of drug-likeness (QED) is 0.383. The third kappa shape index (κ3) is 4.87. The monoisotopic (exact) mass is 620 g/mol. The number of aromatic nitrogens is 1. The van der Waals surface area contributed by atoms with Gasteiger partial charge in [0.05, 0.1) is 47.1 Å². The van der Waals surface area contributed by atoms with Crippen LogP contribution in [-0.4, -0.2) is 31.4 Å². The normalized spacial score (nSPS) is 15.5. The standard InChI is InChI=1S/C25H22Br2N2O5S/c1-5-34-24(31)21-13(2)28-25-29(22(21)14-6-8-19(33-4)17(27)11-14)23(30)20(35-25)12-15-10-16(26)7-9-18(15)32-3/h6-12,22H,5H2,1-4H3/b20-12+/t22-/m0/s1. The molecule has 4 rings (SSSR count). The van der Waals surface area contributed by atoms with E-state index >= 15 is 0 Å². The number of fused-ring (bicyclic) bond motifs is 1. The van der Waals surface area contributed by atoms with E-state index in [-0.39, 0.29) is 12.2 Å². The largest absolute Gasteiger partial charge is 0.496 e. The van der Waals surface area contributed by atoms with Crippen molar-refractivity contribution in [3.8, 4) is 11.5 Å². The predicted octanol–water partition coefficient (Wildman–Crippen LogP) is 4.34. The number of halogens is 2. The predicted molar refractivity (Wildman–Crippen MR) is 142 cm³/mol. The zero-order valence-corrected chi connectivity index (χ0v) is 23.4. The first kappa shape index (κ1) is 25.4. The van der Waals surface area contributed by atoms with Gasteiger partial charge in [-0.2, -0.15) is 0 Å². The van der Waals surface area contributed by atoms with Gasteiger partial charge >= 0.3 is 5.97 Å². The van der Waals surface area contributed by atoms with Crippen LogP contribution in [0.2, 0.25) is 0 Å².